The number of rotatable bonds is 4. The fraction of sp³-hybridized carbons (Fsp3) is 0.591. The number of nitrogens with zero attached hydrogens (tertiary/aromatic N) is 2. The third kappa shape index (κ3) is 5.57. The molecule has 0 saturated carbocycles. The van der Waals surface area contributed by atoms with Gasteiger partial charge in [-0.3, -0.25) is 14.4 Å². The molecule has 0 spiro atoms. The molecule has 1 N–H and O–H groups in total. The predicted molar refractivity (Wildman–Crippen MR) is 109 cm³/mol. The highest BCUT2D eigenvalue weighted by atomic mass is 16.2. The molecule has 6 heteroatoms. The van der Waals surface area contributed by atoms with E-state index in [0.717, 1.165) is 50.0 Å². The molecule has 0 atom stereocenters. The molecule has 3 amide bonds. The zero-order valence-electron chi connectivity index (χ0n) is 16.8. The van der Waals surface area contributed by atoms with Crippen molar-refractivity contribution in [3.63, 3.8) is 0 Å². The summed E-state index contributed by atoms with van der Waals surface area (Å²) in [6, 6.07) is 7.38. The SMILES string of the molecule is CC(=O)Nc1ccc(CC(=O)N2CCC(C(=O)N3CCCCCC3)CC2)cc1. The summed E-state index contributed by atoms with van der Waals surface area (Å²) in [5, 5.41) is 2.72. The lowest BCUT2D eigenvalue weighted by Crippen LogP contribution is -2.45. The van der Waals surface area contributed by atoms with Crippen molar-refractivity contribution in [2.45, 2.75) is 51.9 Å². The molecule has 0 unspecified atom stereocenters. The minimum Gasteiger partial charge on any atom is -0.342 e. The number of carbonyl (C=O) groups excluding carboxylic acids is 3. The third-order valence-corrected chi connectivity index (χ3v) is 5.74. The summed E-state index contributed by atoms with van der Waals surface area (Å²) in [7, 11) is 0. The Labute approximate surface area is 167 Å². The number of nitrogens with one attached hydrogen (secondary N) is 1. The molecule has 0 aromatic heterocycles. The zero-order valence-corrected chi connectivity index (χ0v) is 16.8. The second kappa shape index (κ2) is 9.71. The van der Waals surface area contributed by atoms with Gasteiger partial charge in [0.05, 0.1) is 6.42 Å². The Balaban J connectivity index is 1.46. The standard InChI is InChI=1S/C22H31N3O3/c1-17(26)23-20-8-6-18(7-9-20)16-21(27)24-14-10-19(11-15-24)22(28)25-12-4-2-3-5-13-25/h6-9,19H,2-5,10-16H2,1H3,(H,23,26). The van der Waals surface area contributed by atoms with Crippen LogP contribution in [0.3, 0.4) is 0 Å². The summed E-state index contributed by atoms with van der Waals surface area (Å²) in [6.45, 7) is 4.58. The summed E-state index contributed by atoms with van der Waals surface area (Å²) in [5.74, 6) is 0.357. The Morgan fingerprint density at radius 2 is 1.50 bits per heavy atom. The molecule has 1 aromatic rings. The summed E-state index contributed by atoms with van der Waals surface area (Å²) < 4.78 is 0. The highest BCUT2D eigenvalue weighted by Crippen LogP contribution is 2.22. The lowest BCUT2D eigenvalue weighted by molar-refractivity contribution is -0.140. The van der Waals surface area contributed by atoms with Crippen LogP contribution < -0.4 is 5.32 Å². The molecule has 28 heavy (non-hydrogen) atoms. The van der Waals surface area contributed by atoms with Gasteiger partial charge in [0.25, 0.3) is 0 Å². The molecule has 2 heterocycles. The maximum atomic E-state index is 12.8. The molecule has 152 valence electrons. The van der Waals surface area contributed by atoms with Crippen LogP contribution in [-0.4, -0.2) is 53.7 Å². The van der Waals surface area contributed by atoms with E-state index in [0.29, 0.717) is 25.4 Å². The maximum Gasteiger partial charge on any atom is 0.226 e. The van der Waals surface area contributed by atoms with Crippen LogP contribution in [0.25, 0.3) is 0 Å². The first-order valence-electron chi connectivity index (χ1n) is 10.5. The second-order valence-electron chi connectivity index (χ2n) is 7.95. The van der Waals surface area contributed by atoms with Gasteiger partial charge in [-0.2, -0.15) is 0 Å². The Bertz CT molecular complexity index is 685. The second-order valence-corrected chi connectivity index (χ2v) is 7.95. The lowest BCUT2D eigenvalue weighted by atomic mass is 9.94. The van der Waals surface area contributed by atoms with Crippen molar-refractivity contribution in [3.05, 3.63) is 29.8 Å². The average Bonchev–Trinajstić information content (AvgIpc) is 2.98. The molecule has 2 aliphatic rings. The largest absolute Gasteiger partial charge is 0.342 e. The van der Waals surface area contributed by atoms with Crippen LogP contribution in [0.5, 0.6) is 0 Å². The monoisotopic (exact) mass is 385 g/mol. The molecular formula is C22H31N3O3. The van der Waals surface area contributed by atoms with E-state index >= 15 is 0 Å². The number of anilines is 1. The van der Waals surface area contributed by atoms with E-state index in [4.69, 9.17) is 0 Å². The van der Waals surface area contributed by atoms with E-state index < -0.39 is 0 Å². The molecule has 2 fully saturated rings. The lowest BCUT2D eigenvalue weighted by Gasteiger charge is -2.34. The molecule has 2 aliphatic heterocycles. The highest BCUT2D eigenvalue weighted by Gasteiger charge is 2.30. The van der Waals surface area contributed by atoms with Crippen molar-refractivity contribution in [1.82, 2.24) is 9.80 Å². The van der Waals surface area contributed by atoms with E-state index in [1.807, 2.05) is 34.1 Å². The van der Waals surface area contributed by atoms with Gasteiger partial charge in [-0.05, 0) is 43.4 Å². The first-order valence-corrected chi connectivity index (χ1v) is 10.5. The molecule has 3 rings (SSSR count). The van der Waals surface area contributed by atoms with Crippen molar-refractivity contribution in [1.29, 1.82) is 0 Å². The van der Waals surface area contributed by atoms with Crippen LogP contribution in [0.1, 0.15) is 51.0 Å². The number of hydrogen-bond donors (Lipinski definition) is 1. The quantitative estimate of drug-likeness (QED) is 0.866. The van der Waals surface area contributed by atoms with Gasteiger partial charge >= 0.3 is 0 Å². The van der Waals surface area contributed by atoms with E-state index in [-0.39, 0.29) is 17.7 Å². The van der Waals surface area contributed by atoms with E-state index in [1.165, 1.54) is 19.8 Å². The first kappa shape index (κ1) is 20.4. The van der Waals surface area contributed by atoms with Crippen LogP contribution in [0, 0.1) is 5.92 Å². The van der Waals surface area contributed by atoms with Crippen molar-refractivity contribution in [3.8, 4) is 0 Å². The molecule has 0 aliphatic carbocycles. The van der Waals surface area contributed by atoms with Crippen LogP contribution >= 0.6 is 0 Å². The number of benzene rings is 1. The Morgan fingerprint density at radius 3 is 2.07 bits per heavy atom. The fourth-order valence-electron chi connectivity index (χ4n) is 4.12. The van der Waals surface area contributed by atoms with Gasteiger partial charge in [-0.15, -0.1) is 0 Å². The smallest absolute Gasteiger partial charge is 0.226 e. The number of amides is 3. The van der Waals surface area contributed by atoms with Crippen molar-refractivity contribution in [2.24, 2.45) is 5.92 Å². The summed E-state index contributed by atoms with van der Waals surface area (Å²) in [6.07, 6.45) is 6.56. The molecule has 2 saturated heterocycles. The normalized spacial score (nSPS) is 18.5. The molecule has 0 radical (unpaired) electrons. The number of likely N-dealkylation sites (tertiary alicyclic amines) is 2. The Morgan fingerprint density at radius 1 is 0.893 bits per heavy atom. The van der Waals surface area contributed by atoms with Crippen LogP contribution in [0.15, 0.2) is 24.3 Å². The van der Waals surface area contributed by atoms with Crippen LogP contribution in [0.4, 0.5) is 5.69 Å². The van der Waals surface area contributed by atoms with Gasteiger partial charge in [-0.1, -0.05) is 25.0 Å². The van der Waals surface area contributed by atoms with E-state index in [9.17, 15) is 14.4 Å². The van der Waals surface area contributed by atoms with Gasteiger partial charge in [0.1, 0.15) is 0 Å². The Kier molecular flexibility index (Phi) is 7.06. The number of piperidine rings is 1. The average molecular weight is 386 g/mol. The number of hydrogen-bond acceptors (Lipinski definition) is 3. The maximum absolute atomic E-state index is 12.8. The Hall–Kier alpha value is -2.37. The molecule has 1 aromatic carbocycles. The first-order chi connectivity index (χ1) is 13.5. The minimum atomic E-state index is -0.110. The molecule has 6 nitrogen and oxygen atoms in total. The van der Waals surface area contributed by atoms with Gasteiger partial charge in [0.15, 0.2) is 0 Å². The molecular weight excluding hydrogens is 354 g/mol. The fourth-order valence-corrected chi connectivity index (χ4v) is 4.12. The summed E-state index contributed by atoms with van der Waals surface area (Å²) >= 11 is 0. The number of carbonyl (C=O) groups is 3. The van der Waals surface area contributed by atoms with E-state index in [1.54, 1.807) is 0 Å². The summed E-state index contributed by atoms with van der Waals surface area (Å²) in [4.78, 5) is 40.4. The topological polar surface area (TPSA) is 69.7 Å². The van der Waals surface area contributed by atoms with Crippen molar-refractivity contribution < 1.29 is 14.4 Å². The third-order valence-electron chi connectivity index (χ3n) is 5.74. The predicted octanol–water partition coefficient (Wildman–Crippen LogP) is 2.83. The van der Waals surface area contributed by atoms with Crippen molar-refractivity contribution >= 4 is 23.4 Å². The highest BCUT2D eigenvalue weighted by molar-refractivity contribution is 5.88. The van der Waals surface area contributed by atoms with Gasteiger partial charge in [-0.25, -0.2) is 0 Å². The van der Waals surface area contributed by atoms with Gasteiger partial charge in [0.2, 0.25) is 17.7 Å². The summed E-state index contributed by atoms with van der Waals surface area (Å²) in [5.41, 5.74) is 1.67. The van der Waals surface area contributed by atoms with Gasteiger partial charge < -0.3 is 15.1 Å². The van der Waals surface area contributed by atoms with Crippen LogP contribution in [-0.2, 0) is 20.8 Å². The van der Waals surface area contributed by atoms with E-state index in [2.05, 4.69) is 5.32 Å². The minimum absolute atomic E-state index is 0.0686. The molecule has 0 bridgehead atoms. The van der Waals surface area contributed by atoms with Gasteiger partial charge in [0, 0.05) is 44.7 Å². The van der Waals surface area contributed by atoms with Crippen LogP contribution in [0.2, 0.25) is 0 Å². The zero-order chi connectivity index (χ0) is 19.9. The van der Waals surface area contributed by atoms with Crippen molar-refractivity contribution in [2.75, 3.05) is 31.5 Å².